The highest BCUT2D eigenvalue weighted by Crippen LogP contribution is 2.35. The van der Waals surface area contributed by atoms with E-state index in [0.717, 1.165) is 82.1 Å². The molecule has 9 nitrogen and oxygen atoms in total. The van der Waals surface area contributed by atoms with Crippen molar-refractivity contribution >= 4 is 28.6 Å². The van der Waals surface area contributed by atoms with Crippen LogP contribution in [0, 0.1) is 0 Å². The smallest absolute Gasteiger partial charge is 0.231 e. The minimum absolute atomic E-state index is 0.424. The predicted octanol–water partition coefficient (Wildman–Crippen LogP) is 3.38. The van der Waals surface area contributed by atoms with Gasteiger partial charge in [0.05, 0.1) is 13.2 Å². The Morgan fingerprint density at radius 3 is 2.50 bits per heavy atom. The van der Waals surface area contributed by atoms with Crippen LogP contribution in [-0.2, 0) is 17.7 Å². The van der Waals surface area contributed by atoms with E-state index in [1.165, 1.54) is 18.4 Å². The van der Waals surface area contributed by atoms with Crippen molar-refractivity contribution in [1.29, 1.82) is 0 Å². The third kappa shape index (κ3) is 5.16. The average molecular weight is 465 g/mol. The summed E-state index contributed by atoms with van der Waals surface area (Å²) in [4.78, 5) is 16.7. The number of imidazole rings is 1. The van der Waals surface area contributed by atoms with Crippen molar-refractivity contribution in [3.05, 3.63) is 35.7 Å². The van der Waals surface area contributed by atoms with Crippen LogP contribution in [0.4, 0.5) is 17.5 Å². The van der Waals surface area contributed by atoms with Crippen molar-refractivity contribution < 1.29 is 4.74 Å². The van der Waals surface area contributed by atoms with E-state index in [1.807, 2.05) is 0 Å². The topological polar surface area (TPSA) is 120 Å². The maximum Gasteiger partial charge on any atom is 0.231 e. The molecule has 0 radical (unpaired) electrons. The summed E-state index contributed by atoms with van der Waals surface area (Å²) < 4.78 is 7.77. The van der Waals surface area contributed by atoms with Crippen LogP contribution in [0.25, 0.3) is 11.2 Å². The molecule has 9 heteroatoms. The number of fused-ring (bicyclic) bond motifs is 1. The van der Waals surface area contributed by atoms with Crippen molar-refractivity contribution in [2.45, 2.75) is 57.5 Å². The van der Waals surface area contributed by atoms with Gasteiger partial charge in [-0.3, -0.25) is 4.90 Å². The molecule has 0 unspecified atom stereocenters. The largest absolute Gasteiger partial charge is 0.382 e. The van der Waals surface area contributed by atoms with Crippen LogP contribution < -0.4 is 16.8 Å². The number of nitrogens with zero attached hydrogens (tertiary/aromatic N) is 5. The maximum atomic E-state index is 6.37. The molecule has 3 heterocycles. The first-order valence-corrected chi connectivity index (χ1v) is 12.6. The molecule has 2 fully saturated rings. The Morgan fingerprint density at radius 1 is 1.00 bits per heavy atom. The summed E-state index contributed by atoms with van der Waals surface area (Å²) in [5.74, 6) is 1.99. The number of morpholine rings is 1. The molecule has 1 aliphatic carbocycles. The van der Waals surface area contributed by atoms with Gasteiger partial charge in [-0.05, 0) is 49.9 Å². The molecule has 0 bridgehead atoms. The first-order chi connectivity index (χ1) is 16.7. The second-order valence-electron chi connectivity index (χ2n) is 9.40. The van der Waals surface area contributed by atoms with Gasteiger partial charge in [0.1, 0.15) is 5.82 Å². The second-order valence-corrected chi connectivity index (χ2v) is 9.40. The third-order valence-corrected chi connectivity index (χ3v) is 6.90. The van der Waals surface area contributed by atoms with E-state index < -0.39 is 0 Å². The lowest BCUT2D eigenvalue weighted by molar-refractivity contribution is 0.0342. The molecule has 1 aromatic carbocycles. The summed E-state index contributed by atoms with van der Waals surface area (Å²) in [5, 5.41) is 3.35. The van der Waals surface area contributed by atoms with Gasteiger partial charge in [0.15, 0.2) is 17.0 Å². The minimum atomic E-state index is 0.424. The predicted molar refractivity (Wildman–Crippen MR) is 135 cm³/mol. The summed E-state index contributed by atoms with van der Waals surface area (Å²) in [6.07, 6.45) is 7.70. The highest BCUT2D eigenvalue weighted by Gasteiger charge is 2.25. The molecule has 1 saturated heterocycles. The zero-order valence-electron chi connectivity index (χ0n) is 19.9. The fraction of sp³-hybridized carbons (Fsp3) is 0.560. The lowest BCUT2D eigenvalue weighted by Gasteiger charge is -2.26. The molecule has 1 saturated carbocycles. The van der Waals surface area contributed by atoms with Crippen LogP contribution in [-0.4, -0.2) is 57.3 Å². The molecule has 0 amide bonds. The Morgan fingerprint density at radius 2 is 1.76 bits per heavy atom. The summed E-state index contributed by atoms with van der Waals surface area (Å²) in [6.45, 7) is 5.23. The number of hydrogen-bond acceptors (Lipinski definition) is 8. The van der Waals surface area contributed by atoms with Gasteiger partial charge in [0.25, 0.3) is 0 Å². The number of anilines is 3. The van der Waals surface area contributed by atoms with Crippen LogP contribution in [0.2, 0.25) is 0 Å². The van der Waals surface area contributed by atoms with Gasteiger partial charge in [0.2, 0.25) is 5.95 Å². The van der Waals surface area contributed by atoms with Crippen LogP contribution in [0.15, 0.2) is 24.3 Å². The standard InChI is InChI=1S/C25H36N8O/c26-12-4-3-7-21-29-22-23(27)30-25(31-24(22)33(21)20-5-1-2-6-20)28-19-10-8-18(9-11-19)17-32-13-15-34-16-14-32/h8-11,20H,1-7,12-17,26H2,(H3,27,28,30,31). The van der Waals surface area contributed by atoms with Gasteiger partial charge < -0.3 is 26.1 Å². The van der Waals surface area contributed by atoms with Crippen LogP contribution >= 0.6 is 0 Å². The second kappa shape index (κ2) is 10.7. The molecular weight excluding hydrogens is 428 g/mol. The van der Waals surface area contributed by atoms with Crippen LogP contribution in [0.1, 0.15) is 56.0 Å². The molecule has 2 aromatic heterocycles. The Balaban J connectivity index is 1.37. The first kappa shape index (κ1) is 23.0. The van der Waals surface area contributed by atoms with Gasteiger partial charge in [-0.15, -0.1) is 0 Å². The molecule has 2 aliphatic rings. The zero-order valence-corrected chi connectivity index (χ0v) is 19.9. The van der Waals surface area contributed by atoms with Crippen molar-refractivity contribution in [3.63, 3.8) is 0 Å². The number of ether oxygens (including phenoxy) is 1. The number of aromatic nitrogens is 4. The number of hydrogen-bond donors (Lipinski definition) is 3. The molecule has 182 valence electrons. The molecule has 5 N–H and O–H groups in total. The summed E-state index contributed by atoms with van der Waals surface area (Å²) in [5.41, 5.74) is 15.9. The fourth-order valence-electron chi connectivity index (χ4n) is 5.09. The summed E-state index contributed by atoms with van der Waals surface area (Å²) in [6, 6.07) is 8.88. The van der Waals surface area contributed by atoms with Crippen molar-refractivity contribution in [2.75, 3.05) is 43.9 Å². The van der Waals surface area contributed by atoms with Crippen molar-refractivity contribution in [2.24, 2.45) is 5.73 Å². The lowest BCUT2D eigenvalue weighted by atomic mass is 10.2. The Hall–Kier alpha value is -2.75. The minimum Gasteiger partial charge on any atom is -0.382 e. The van der Waals surface area contributed by atoms with E-state index in [4.69, 9.17) is 26.2 Å². The van der Waals surface area contributed by atoms with E-state index in [2.05, 4.69) is 44.0 Å². The molecule has 3 aromatic rings. The van der Waals surface area contributed by atoms with Gasteiger partial charge in [-0.1, -0.05) is 25.0 Å². The highest BCUT2D eigenvalue weighted by atomic mass is 16.5. The number of aryl methyl sites for hydroxylation is 1. The fourth-order valence-corrected chi connectivity index (χ4v) is 5.09. The van der Waals surface area contributed by atoms with Crippen LogP contribution in [0.5, 0.6) is 0 Å². The Kier molecular flexibility index (Phi) is 7.22. The number of nitrogens with two attached hydrogens (primary N) is 2. The van der Waals surface area contributed by atoms with Crippen molar-refractivity contribution in [3.8, 4) is 0 Å². The lowest BCUT2D eigenvalue weighted by Crippen LogP contribution is -2.35. The molecular formula is C25H36N8O. The van der Waals surface area contributed by atoms with E-state index in [0.29, 0.717) is 29.9 Å². The van der Waals surface area contributed by atoms with E-state index in [1.54, 1.807) is 0 Å². The molecule has 34 heavy (non-hydrogen) atoms. The number of rotatable bonds is 9. The SMILES string of the molecule is NCCCCc1nc2c(N)nc(Nc3ccc(CN4CCOCC4)cc3)nc2n1C1CCCC1. The van der Waals surface area contributed by atoms with E-state index in [9.17, 15) is 0 Å². The molecule has 1 aliphatic heterocycles. The number of benzene rings is 1. The van der Waals surface area contributed by atoms with Crippen molar-refractivity contribution in [1.82, 2.24) is 24.4 Å². The van der Waals surface area contributed by atoms with Gasteiger partial charge >= 0.3 is 0 Å². The summed E-state index contributed by atoms with van der Waals surface area (Å²) >= 11 is 0. The first-order valence-electron chi connectivity index (χ1n) is 12.6. The van der Waals surface area contributed by atoms with Crippen LogP contribution in [0.3, 0.4) is 0 Å². The monoisotopic (exact) mass is 464 g/mol. The number of nitrogens with one attached hydrogen (secondary N) is 1. The summed E-state index contributed by atoms with van der Waals surface area (Å²) in [7, 11) is 0. The molecule has 0 atom stereocenters. The van der Waals surface area contributed by atoms with Gasteiger partial charge in [-0.25, -0.2) is 4.98 Å². The Labute approximate surface area is 200 Å². The third-order valence-electron chi connectivity index (χ3n) is 6.90. The van der Waals surface area contributed by atoms with E-state index in [-0.39, 0.29) is 0 Å². The normalized spacial score (nSPS) is 17.6. The molecule has 5 rings (SSSR count). The molecule has 0 spiro atoms. The van der Waals surface area contributed by atoms with Gasteiger partial charge in [0, 0.05) is 37.8 Å². The van der Waals surface area contributed by atoms with E-state index >= 15 is 0 Å². The Bertz CT molecular complexity index is 1080. The number of nitrogen functional groups attached to an aromatic ring is 1. The number of unbranched alkanes of at least 4 members (excludes halogenated alkanes) is 1. The zero-order chi connectivity index (χ0) is 23.3. The van der Waals surface area contributed by atoms with Gasteiger partial charge in [-0.2, -0.15) is 9.97 Å². The maximum absolute atomic E-state index is 6.37. The average Bonchev–Trinajstić information content (AvgIpc) is 3.49. The quantitative estimate of drug-likeness (QED) is 0.412. The highest BCUT2D eigenvalue weighted by molar-refractivity contribution is 5.84.